The Morgan fingerprint density at radius 1 is 1.60 bits per heavy atom. The molecule has 0 aliphatic rings. The van der Waals surface area contributed by atoms with Gasteiger partial charge in [0.1, 0.15) is 0 Å². The summed E-state index contributed by atoms with van der Waals surface area (Å²) in [5, 5.41) is 7.86. The van der Waals surface area contributed by atoms with E-state index in [1.165, 1.54) is 0 Å². The van der Waals surface area contributed by atoms with Gasteiger partial charge in [-0.2, -0.15) is 13.2 Å². The normalized spacial score (nSPS) is 14.8. The van der Waals surface area contributed by atoms with Gasteiger partial charge in [0, 0.05) is 7.11 Å². The molecule has 0 aromatic heterocycles. The molecule has 3 nitrogen and oxygen atoms in total. The van der Waals surface area contributed by atoms with Gasteiger partial charge in [0.05, 0.1) is 0 Å². The third-order valence-corrected chi connectivity index (χ3v) is 0.757. The van der Waals surface area contributed by atoms with E-state index in [0.717, 1.165) is 0 Å². The van der Waals surface area contributed by atoms with Crippen molar-refractivity contribution >= 4 is 5.97 Å². The van der Waals surface area contributed by atoms with E-state index >= 15 is 0 Å². The first kappa shape index (κ1) is 9.22. The van der Waals surface area contributed by atoms with Crippen LogP contribution in [0.5, 0.6) is 0 Å². The molecule has 0 aromatic rings. The minimum absolute atomic E-state index is 0.687. The fourth-order valence-corrected chi connectivity index (χ4v) is 0.374. The van der Waals surface area contributed by atoms with E-state index < -0.39 is 18.2 Å². The number of carboxylic acid groups (broad SMARTS) is 1. The average Bonchev–Trinajstić information content (AvgIpc) is 1.60. The molecule has 10 heavy (non-hydrogen) atoms. The van der Waals surface area contributed by atoms with Crippen molar-refractivity contribution in [3.05, 3.63) is 0 Å². The number of hydrogen-bond acceptors (Lipinski definition) is 2. The van der Waals surface area contributed by atoms with Gasteiger partial charge in [-0.05, 0) is 0 Å². The van der Waals surface area contributed by atoms with Gasteiger partial charge in [-0.15, -0.1) is 0 Å². The highest BCUT2D eigenvalue weighted by atomic mass is 19.4. The van der Waals surface area contributed by atoms with E-state index in [1.54, 1.807) is 0 Å². The Kier molecular flexibility index (Phi) is 2.65. The molecule has 6 heteroatoms. The summed E-state index contributed by atoms with van der Waals surface area (Å²) in [4.78, 5) is 9.73. The molecule has 60 valence electrons. The van der Waals surface area contributed by atoms with Gasteiger partial charge >= 0.3 is 12.1 Å². The molecule has 1 N–H and O–H groups in total. The van der Waals surface area contributed by atoms with E-state index in [-0.39, 0.29) is 0 Å². The summed E-state index contributed by atoms with van der Waals surface area (Å²) in [7, 11) is 0.687. The van der Waals surface area contributed by atoms with Crippen molar-refractivity contribution in [2.45, 2.75) is 12.3 Å². The summed E-state index contributed by atoms with van der Waals surface area (Å²) < 4.78 is 38.0. The second-order valence-corrected chi connectivity index (χ2v) is 1.50. The van der Waals surface area contributed by atoms with Crippen molar-refractivity contribution in [3.63, 3.8) is 0 Å². The van der Waals surface area contributed by atoms with E-state index in [1.807, 2.05) is 0 Å². The van der Waals surface area contributed by atoms with Gasteiger partial charge in [0.25, 0.3) is 6.10 Å². The lowest BCUT2D eigenvalue weighted by Gasteiger charge is -2.12. The molecule has 1 atom stereocenters. The van der Waals surface area contributed by atoms with Crippen LogP contribution in [0.4, 0.5) is 13.2 Å². The van der Waals surface area contributed by atoms with Crippen LogP contribution in [0.25, 0.3) is 0 Å². The summed E-state index contributed by atoms with van der Waals surface area (Å²) in [6, 6.07) is 0. The summed E-state index contributed by atoms with van der Waals surface area (Å²) in [6.45, 7) is 0. The van der Waals surface area contributed by atoms with Crippen LogP contribution < -0.4 is 0 Å². The fraction of sp³-hybridized carbons (Fsp3) is 0.750. The van der Waals surface area contributed by atoms with Crippen molar-refractivity contribution in [2.75, 3.05) is 7.11 Å². The number of alkyl halides is 3. The monoisotopic (exact) mass is 158 g/mol. The zero-order valence-corrected chi connectivity index (χ0v) is 4.97. The number of halogens is 3. The molecule has 0 radical (unpaired) electrons. The second kappa shape index (κ2) is 2.87. The maximum atomic E-state index is 11.5. The molecule has 0 heterocycles. The molecular weight excluding hydrogens is 153 g/mol. The number of aliphatic carboxylic acids is 1. The third kappa shape index (κ3) is 2.22. The number of carbonyl (C=O) groups is 1. The molecule has 0 unspecified atom stereocenters. The van der Waals surface area contributed by atoms with Gasteiger partial charge in [0.15, 0.2) is 0 Å². The standard InChI is InChI=1S/C4H5F3O3/c1-10-2(3(8)9)4(5,6)7/h2H,1H3,(H,8,9)/t2-/m0/s1. The Morgan fingerprint density at radius 2 is 2.00 bits per heavy atom. The van der Waals surface area contributed by atoms with Crippen molar-refractivity contribution in [1.82, 2.24) is 0 Å². The van der Waals surface area contributed by atoms with Gasteiger partial charge in [0.2, 0.25) is 0 Å². The van der Waals surface area contributed by atoms with Crippen LogP contribution in [-0.4, -0.2) is 30.5 Å². The van der Waals surface area contributed by atoms with Crippen molar-refractivity contribution in [2.24, 2.45) is 0 Å². The number of carboxylic acids is 1. The maximum Gasteiger partial charge on any atom is 0.425 e. The van der Waals surface area contributed by atoms with Gasteiger partial charge in [-0.25, -0.2) is 4.79 Å². The minimum Gasteiger partial charge on any atom is -0.479 e. The van der Waals surface area contributed by atoms with Crippen LogP contribution in [0.1, 0.15) is 0 Å². The molecule has 0 fully saturated rings. The minimum atomic E-state index is -4.83. The summed E-state index contributed by atoms with van der Waals surface area (Å²) in [6.07, 6.45) is -7.55. The molecule has 0 spiro atoms. The number of ether oxygens (including phenoxy) is 1. The first-order valence-corrected chi connectivity index (χ1v) is 2.22. The SMILES string of the molecule is CO[C@@H](C(=O)O)C(F)(F)F. The smallest absolute Gasteiger partial charge is 0.425 e. The van der Waals surface area contributed by atoms with E-state index in [2.05, 4.69) is 4.74 Å². The average molecular weight is 158 g/mol. The lowest BCUT2D eigenvalue weighted by molar-refractivity contribution is -0.221. The Labute approximate surface area is 54.4 Å². The largest absolute Gasteiger partial charge is 0.479 e. The number of methoxy groups -OCH3 is 1. The number of rotatable bonds is 2. The van der Waals surface area contributed by atoms with Gasteiger partial charge in [-0.3, -0.25) is 0 Å². The quantitative estimate of drug-likeness (QED) is 0.641. The van der Waals surface area contributed by atoms with Crippen LogP contribution in [0.2, 0.25) is 0 Å². The Morgan fingerprint density at radius 3 is 2.00 bits per heavy atom. The van der Waals surface area contributed by atoms with E-state index in [0.29, 0.717) is 7.11 Å². The Hall–Kier alpha value is -0.780. The van der Waals surface area contributed by atoms with Gasteiger partial charge in [-0.1, -0.05) is 0 Å². The summed E-state index contributed by atoms with van der Waals surface area (Å²) >= 11 is 0. The Bertz CT molecular complexity index is 130. The van der Waals surface area contributed by atoms with E-state index in [9.17, 15) is 18.0 Å². The zero-order chi connectivity index (χ0) is 8.36. The van der Waals surface area contributed by atoms with Crippen LogP contribution >= 0.6 is 0 Å². The maximum absolute atomic E-state index is 11.5. The molecule has 0 saturated heterocycles. The molecule has 0 aromatic carbocycles. The van der Waals surface area contributed by atoms with Crippen LogP contribution in [0.15, 0.2) is 0 Å². The molecule has 0 bridgehead atoms. The lowest BCUT2D eigenvalue weighted by Crippen LogP contribution is -2.37. The van der Waals surface area contributed by atoms with Crippen LogP contribution in [0.3, 0.4) is 0 Å². The topological polar surface area (TPSA) is 46.5 Å². The summed E-state index contributed by atoms with van der Waals surface area (Å²) in [5.74, 6) is -2.03. The first-order valence-electron chi connectivity index (χ1n) is 2.22. The van der Waals surface area contributed by atoms with E-state index in [4.69, 9.17) is 5.11 Å². The lowest BCUT2D eigenvalue weighted by atomic mass is 10.3. The molecule has 0 aliphatic heterocycles. The van der Waals surface area contributed by atoms with Gasteiger partial charge < -0.3 is 9.84 Å². The number of hydrogen-bond donors (Lipinski definition) is 1. The predicted molar refractivity (Wildman–Crippen MR) is 24.5 cm³/mol. The molecule has 0 amide bonds. The second-order valence-electron chi connectivity index (χ2n) is 1.50. The highest BCUT2D eigenvalue weighted by Crippen LogP contribution is 2.22. The predicted octanol–water partition coefficient (Wildman–Crippen LogP) is 0.648. The first-order chi connectivity index (χ1) is 4.39. The highest BCUT2D eigenvalue weighted by molar-refractivity contribution is 5.73. The molecule has 0 aliphatic carbocycles. The van der Waals surface area contributed by atoms with Crippen molar-refractivity contribution < 1.29 is 27.8 Å². The highest BCUT2D eigenvalue weighted by Gasteiger charge is 2.45. The zero-order valence-electron chi connectivity index (χ0n) is 4.97. The Balaban J connectivity index is 4.22. The van der Waals surface area contributed by atoms with Crippen LogP contribution in [0, 0.1) is 0 Å². The fourth-order valence-electron chi connectivity index (χ4n) is 0.374. The van der Waals surface area contributed by atoms with Crippen LogP contribution in [-0.2, 0) is 9.53 Å². The molecule has 0 rings (SSSR count). The van der Waals surface area contributed by atoms with Crippen molar-refractivity contribution in [3.8, 4) is 0 Å². The summed E-state index contributed by atoms with van der Waals surface area (Å²) in [5.41, 5.74) is 0. The molecular formula is C4H5F3O3. The third-order valence-electron chi connectivity index (χ3n) is 0.757. The molecule has 0 saturated carbocycles. The van der Waals surface area contributed by atoms with Crippen molar-refractivity contribution in [1.29, 1.82) is 0 Å².